The number of anilines is 1. The van der Waals surface area contributed by atoms with Crippen molar-refractivity contribution in [3.05, 3.63) is 65.7 Å². The third-order valence-corrected chi connectivity index (χ3v) is 3.72. The average Bonchev–Trinajstić information content (AvgIpc) is 2.79. The highest BCUT2D eigenvalue weighted by Gasteiger charge is 2.14. The maximum absolute atomic E-state index is 5.73. The van der Waals surface area contributed by atoms with Gasteiger partial charge >= 0.3 is 0 Å². The number of rotatable bonds is 3. The number of aromatic nitrogens is 2. The van der Waals surface area contributed by atoms with Crippen LogP contribution in [0.5, 0.6) is 0 Å². The summed E-state index contributed by atoms with van der Waals surface area (Å²) >= 11 is 0. The van der Waals surface area contributed by atoms with E-state index in [2.05, 4.69) is 48.7 Å². The maximum atomic E-state index is 5.73. The van der Waals surface area contributed by atoms with Crippen molar-refractivity contribution in [2.24, 2.45) is 0 Å². The Morgan fingerprint density at radius 1 is 1.15 bits per heavy atom. The Balaban J connectivity index is 1.92. The highest BCUT2D eigenvalue weighted by Crippen LogP contribution is 2.23. The van der Waals surface area contributed by atoms with Gasteiger partial charge < -0.3 is 10.1 Å². The molecule has 1 atom stereocenters. The van der Waals surface area contributed by atoms with E-state index in [4.69, 9.17) is 10.7 Å². The van der Waals surface area contributed by atoms with E-state index in [-0.39, 0.29) is 0 Å². The molecule has 1 unspecified atom stereocenters. The molecule has 3 nitrogen and oxygen atoms in total. The predicted octanol–water partition coefficient (Wildman–Crippen LogP) is 3.57. The summed E-state index contributed by atoms with van der Waals surface area (Å²) in [6.45, 7) is 4.28. The number of nitrogen functional groups attached to an aromatic ring is 1. The van der Waals surface area contributed by atoms with Gasteiger partial charge in [-0.05, 0) is 43.2 Å². The Kier molecular flexibility index (Phi) is 3.18. The predicted molar refractivity (Wildman–Crippen MR) is 82.9 cm³/mol. The molecule has 2 heterocycles. The van der Waals surface area contributed by atoms with Crippen molar-refractivity contribution < 1.29 is 0 Å². The van der Waals surface area contributed by atoms with E-state index in [0.29, 0.717) is 5.92 Å². The lowest BCUT2D eigenvalue weighted by molar-refractivity contribution is 0.694. The quantitative estimate of drug-likeness (QED) is 0.736. The van der Waals surface area contributed by atoms with Crippen molar-refractivity contribution in [2.75, 3.05) is 5.73 Å². The molecule has 1 aromatic carbocycles. The van der Waals surface area contributed by atoms with Crippen LogP contribution in [0, 0.1) is 6.92 Å². The lowest BCUT2D eigenvalue weighted by Crippen LogP contribution is -2.04. The van der Waals surface area contributed by atoms with Gasteiger partial charge in [-0.25, -0.2) is 4.98 Å². The van der Waals surface area contributed by atoms with E-state index in [1.165, 1.54) is 11.1 Å². The zero-order chi connectivity index (χ0) is 14.1. The van der Waals surface area contributed by atoms with E-state index in [9.17, 15) is 0 Å². The zero-order valence-electron chi connectivity index (χ0n) is 11.9. The van der Waals surface area contributed by atoms with Gasteiger partial charge in [-0.1, -0.05) is 25.1 Å². The maximum Gasteiger partial charge on any atom is 0.116 e. The van der Waals surface area contributed by atoms with E-state index in [1.54, 1.807) is 0 Å². The van der Waals surface area contributed by atoms with Crippen molar-refractivity contribution >= 4 is 11.2 Å². The van der Waals surface area contributed by atoms with Crippen LogP contribution >= 0.6 is 0 Å². The second-order valence-corrected chi connectivity index (χ2v) is 5.36. The molecule has 0 fully saturated rings. The lowest BCUT2D eigenvalue weighted by Gasteiger charge is -2.11. The Hall–Kier alpha value is -2.29. The number of hydrogen-bond donors (Lipinski definition) is 1. The highest BCUT2D eigenvalue weighted by atomic mass is 15.0. The van der Waals surface area contributed by atoms with Gasteiger partial charge in [0.25, 0.3) is 0 Å². The first-order valence-electron chi connectivity index (χ1n) is 6.93. The highest BCUT2D eigenvalue weighted by molar-refractivity contribution is 5.52. The topological polar surface area (TPSA) is 43.3 Å². The molecule has 0 bridgehead atoms. The summed E-state index contributed by atoms with van der Waals surface area (Å²) in [5, 5.41) is 0. The van der Waals surface area contributed by atoms with E-state index >= 15 is 0 Å². The molecule has 0 saturated heterocycles. The van der Waals surface area contributed by atoms with Crippen LogP contribution in [0.15, 0.2) is 48.7 Å². The fourth-order valence-electron chi connectivity index (χ4n) is 2.67. The summed E-state index contributed by atoms with van der Waals surface area (Å²) in [5.41, 5.74) is 10.1. The largest absolute Gasteiger partial charge is 0.399 e. The summed E-state index contributed by atoms with van der Waals surface area (Å²) in [6, 6.07) is 14.3. The summed E-state index contributed by atoms with van der Waals surface area (Å²) in [7, 11) is 0. The fraction of sp³-hybridized carbons (Fsp3) is 0.235. The molecule has 2 aromatic heterocycles. The molecule has 0 radical (unpaired) electrons. The van der Waals surface area contributed by atoms with Gasteiger partial charge in [0.05, 0.1) is 11.2 Å². The molecule has 20 heavy (non-hydrogen) atoms. The molecule has 0 aliphatic heterocycles. The molecule has 0 spiro atoms. The van der Waals surface area contributed by atoms with Crippen LogP contribution in [0.3, 0.4) is 0 Å². The molecule has 3 aromatic rings. The minimum atomic E-state index is 0.363. The number of fused-ring (bicyclic) bond motifs is 1. The van der Waals surface area contributed by atoms with E-state index in [0.717, 1.165) is 23.6 Å². The van der Waals surface area contributed by atoms with Gasteiger partial charge in [0.1, 0.15) is 5.82 Å². The summed E-state index contributed by atoms with van der Waals surface area (Å²) < 4.78 is 2.19. The normalized spacial score (nSPS) is 12.7. The summed E-state index contributed by atoms with van der Waals surface area (Å²) in [5.74, 6) is 1.48. The molecule has 0 saturated carbocycles. The number of nitrogens with two attached hydrogens (primary N) is 1. The van der Waals surface area contributed by atoms with Gasteiger partial charge in [-0.2, -0.15) is 0 Å². The molecule has 0 amide bonds. The number of imidazole rings is 1. The van der Waals surface area contributed by atoms with Crippen molar-refractivity contribution in [1.29, 1.82) is 0 Å². The van der Waals surface area contributed by atoms with Gasteiger partial charge in [-0.15, -0.1) is 0 Å². The third kappa shape index (κ3) is 2.27. The molecule has 0 aliphatic carbocycles. The van der Waals surface area contributed by atoms with Crippen LogP contribution in [-0.4, -0.2) is 9.38 Å². The third-order valence-electron chi connectivity index (χ3n) is 3.72. The Labute approximate surface area is 119 Å². The monoisotopic (exact) mass is 265 g/mol. The van der Waals surface area contributed by atoms with Crippen molar-refractivity contribution in [3.8, 4) is 0 Å². The Morgan fingerprint density at radius 3 is 2.65 bits per heavy atom. The lowest BCUT2D eigenvalue weighted by atomic mass is 10.0. The Morgan fingerprint density at radius 2 is 1.90 bits per heavy atom. The number of benzene rings is 1. The molecular weight excluding hydrogens is 246 g/mol. The number of nitrogens with zero attached hydrogens (tertiary/aromatic N) is 2. The molecule has 3 heteroatoms. The van der Waals surface area contributed by atoms with Crippen LogP contribution < -0.4 is 5.73 Å². The van der Waals surface area contributed by atoms with Crippen molar-refractivity contribution in [3.63, 3.8) is 0 Å². The molecule has 102 valence electrons. The first kappa shape index (κ1) is 12.7. The standard InChI is InChI=1S/C17H19N3/c1-12(11-14-6-8-15(18)9-7-14)17-19-13(2)16-5-3-4-10-20(16)17/h3-10,12H,11,18H2,1-2H3. The number of hydrogen-bond acceptors (Lipinski definition) is 2. The number of pyridine rings is 1. The SMILES string of the molecule is Cc1nc(C(C)Cc2ccc(N)cc2)n2ccccc12. The Bertz CT molecular complexity index is 726. The minimum Gasteiger partial charge on any atom is -0.399 e. The first-order chi connectivity index (χ1) is 9.65. The van der Waals surface area contributed by atoms with Gasteiger partial charge in [-0.3, -0.25) is 0 Å². The summed E-state index contributed by atoms with van der Waals surface area (Å²) in [4.78, 5) is 4.74. The smallest absolute Gasteiger partial charge is 0.116 e. The van der Waals surface area contributed by atoms with Crippen LogP contribution in [-0.2, 0) is 6.42 Å². The van der Waals surface area contributed by atoms with Gasteiger partial charge in [0.15, 0.2) is 0 Å². The zero-order valence-corrected chi connectivity index (χ0v) is 11.9. The second-order valence-electron chi connectivity index (χ2n) is 5.36. The van der Waals surface area contributed by atoms with Crippen molar-refractivity contribution in [2.45, 2.75) is 26.2 Å². The van der Waals surface area contributed by atoms with Crippen LogP contribution in [0.2, 0.25) is 0 Å². The molecular formula is C17H19N3. The summed E-state index contributed by atoms with van der Waals surface area (Å²) in [6.07, 6.45) is 3.05. The second kappa shape index (κ2) is 5.00. The average molecular weight is 265 g/mol. The van der Waals surface area contributed by atoms with E-state index < -0.39 is 0 Å². The van der Waals surface area contributed by atoms with Gasteiger partial charge in [0.2, 0.25) is 0 Å². The van der Waals surface area contributed by atoms with Crippen LogP contribution in [0.25, 0.3) is 5.52 Å². The number of aryl methyl sites for hydroxylation is 1. The molecule has 0 aliphatic rings. The molecule has 3 rings (SSSR count). The first-order valence-corrected chi connectivity index (χ1v) is 6.93. The van der Waals surface area contributed by atoms with Crippen LogP contribution in [0.1, 0.15) is 29.9 Å². The van der Waals surface area contributed by atoms with Gasteiger partial charge in [0, 0.05) is 17.8 Å². The molecule has 2 N–H and O–H groups in total. The van der Waals surface area contributed by atoms with Crippen LogP contribution in [0.4, 0.5) is 5.69 Å². The van der Waals surface area contributed by atoms with Crippen molar-refractivity contribution in [1.82, 2.24) is 9.38 Å². The fourth-order valence-corrected chi connectivity index (χ4v) is 2.67. The van der Waals surface area contributed by atoms with E-state index in [1.807, 2.05) is 18.2 Å². The minimum absolute atomic E-state index is 0.363.